The normalized spacial score (nSPS) is 11.2. The minimum atomic E-state index is 0.515. The molecule has 0 bridgehead atoms. The second-order valence-electron chi connectivity index (χ2n) is 5.06. The van der Waals surface area contributed by atoms with E-state index in [1.54, 1.807) is 0 Å². The van der Waals surface area contributed by atoms with Gasteiger partial charge in [-0.15, -0.1) is 0 Å². The highest BCUT2D eigenvalue weighted by Crippen LogP contribution is 2.22. The fourth-order valence-electron chi connectivity index (χ4n) is 2.00. The van der Waals surface area contributed by atoms with E-state index in [1.807, 2.05) is 24.0 Å². The van der Waals surface area contributed by atoms with E-state index in [0.29, 0.717) is 6.04 Å². The number of benzene rings is 1. The number of hydrogen-bond acceptors (Lipinski definition) is 2. The first-order valence-electron chi connectivity index (χ1n) is 6.39. The fourth-order valence-corrected chi connectivity index (χ4v) is 2.00. The number of rotatable bonds is 4. The van der Waals surface area contributed by atoms with Crippen LogP contribution in [0, 0.1) is 6.92 Å². The number of aryl methyl sites for hydroxylation is 2. The van der Waals surface area contributed by atoms with Crippen LogP contribution >= 0.6 is 0 Å². The maximum atomic E-state index is 4.45. The molecule has 0 aliphatic heterocycles. The van der Waals surface area contributed by atoms with Crippen LogP contribution in [0.5, 0.6) is 0 Å². The smallest absolute Gasteiger partial charge is 0.0925 e. The van der Waals surface area contributed by atoms with Gasteiger partial charge < -0.3 is 5.32 Å². The Labute approximate surface area is 109 Å². The molecule has 0 fully saturated rings. The highest BCUT2D eigenvalue weighted by atomic mass is 15.2. The van der Waals surface area contributed by atoms with Gasteiger partial charge in [0, 0.05) is 31.4 Å². The number of nitrogens with one attached hydrogen (secondary N) is 1. The molecule has 0 radical (unpaired) electrons. The Balaban J connectivity index is 2.20. The zero-order valence-corrected chi connectivity index (χ0v) is 11.6. The second-order valence-corrected chi connectivity index (χ2v) is 5.06. The SMILES string of the molecule is Cc1cc(CNC(C)C)ccc1-c1ccn(C)n1. The molecule has 0 aliphatic carbocycles. The van der Waals surface area contributed by atoms with Crippen molar-refractivity contribution in [2.24, 2.45) is 7.05 Å². The summed E-state index contributed by atoms with van der Waals surface area (Å²) < 4.78 is 1.84. The van der Waals surface area contributed by atoms with Gasteiger partial charge in [-0.25, -0.2) is 0 Å². The van der Waals surface area contributed by atoms with Crippen LogP contribution in [0.25, 0.3) is 11.3 Å². The van der Waals surface area contributed by atoms with E-state index in [2.05, 4.69) is 49.4 Å². The number of aromatic nitrogens is 2. The zero-order valence-electron chi connectivity index (χ0n) is 11.6. The average molecular weight is 243 g/mol. The number of nitrogens with zero attached hydrogens (tertiary/aromatic N) is 2. The van der Waals surface area contributed by atoms with E-state index in [-0.39, 0.29) is 0 Å². The van der Waals surface area contributed by atoms with Crippen molar-refractivity contribution in [1.29, 1.82) is 0 Å². The van der Waals surface area contributed by atoms with Crippen molar-refractivity contribution in [3.63, 3.8) is 0 Å². The molecular formula is C15H21N3. The van der Waals surface area contributed by atoms with Gasteiger partial charge in [-0.3, -0.25) is 4.68 Å². The van der Waals surface area contributed by atoms with Crippen molar-refractivity contribution >= 4 is 0 Å². The molecular weight excluding hydrogens is 222 g/mol. The predicted molar refractivity (Wildman–Crippen MR) is 75.4 cm³/mol. The molecule has 3 nitrogen and oxygen atoms in total. The van der Waals surface area contributed by atoms with Crippen LogP contribution in [0.3, 0.4) is 0 Å². The summed E-state index contributed by atoms with van der Waals surface area (Å²) in [4.78, 5) is 0. The molecule has 1 aromatic heterocycles. The molecule has 1 heterocycles. The quantitative estimate of drug-likeness (QED) is 0.895. The minimum Gasteiger partial charge on any atom is -0.310 e. The Bertz CT molecular complexity index is 526. The van der Waals surface area contributed by atoms with Crippen molar-refractivity contribution < 1.29 is 0 Å². The molecule has 0 amide bonds. The lowest BCUT2D eigenvalue weighted by Crippen LogP contribution is -2.21. The molecule has 0 aliphatic rings. The van der Waals surface area contributed by atoms with Crippen molar-refractivity contribution in [3.8, 4) is 11.3 Å². The average Bonchev–Trinajstić information content (AvgIpc) is 2.73. The van der Waals surface area contributed by atoms with Crippen molar-refractivity contribution in [3.05, 3.63) is 41.6 Å². The van der Waals surface area contributed by atoms with Gasteiger partial charge in [-0.05, 0) is 24.1 Å². The first-order chi connectivity index (χ1) is 8.56. The molecule has 3 heteroatoms. The van der Waals surface area contributed by atoms with E-state index in [0.717, 1.165) is 12.2 Å². The monoisotopic (exact) mass is 243 g/mol. The van der Waals surface area contributed by atoms with Gasteiger partial charge in [-0.2, -0.15) is 5.10 Å². The lowest BCUT2D eigenvalue weighted by Gasteiger charge is -2.10. The van der Waals surface area contributed by atoms with Crippen molar-refractivity contribution in [2.45, 2.75) is 33.4 Å². The summed E-state index contributed by atoms with van der Waals surface area (Å²) in [6.45, 7) is 7.38. The summed E-state index contributed by atoms with van der Waals surface area (Å²) >= 11 is 0. The third-order valence-corrected chi connectivity index (χ3v) is 2.99. The van der Waals surface area contributed by atoms with Gasteiger partial charge >= 0.3 is 0 Å². The summed E-state index contributed by atoms with van der Waals surface area (Å²) in [5.41, 5.74) is 4.85. The van der Waals surface area contributed by atoms with E-state index >= 15 is 0 Å². The van der Waals surface area contributed by atoms with Gasteiger partial charge in [0.15, 0.2) is 0 Å². The predicted octanol–water partition coefficient (Wildman–Crippen LogP) is 2.89. The summed E-state index contributed by atoms with van der Waals surface area (Å²) in [7, 11) is 1.94. The maximum Gasteiger partial charge on any atom is 0.0925 e. The highest BCUT2D eigenvalue weighted by molar-refractivity contribution is 5.63. The third-order valence-electron chi connectivity index (χ3n) is 2.99. The van der Waals surface area contributed by atoms with Gasteiger partial charge in [0.1, 0.15) is 0 Å². The zero-order chi connectivity index (χ0) is 13.1. The maximum absolute atomic E-state index is 4.45. The largest absolute Gasteiger partial charge is 0.310 e. The Kier molecular flexibility index (Phi) is 3.82. The Hall–Kier alpha value is -1.61. The molecule has 0 atom stereocenters. The molecule has 0 unspecified atom stereocenters. The summed E-state index contributed by atoms with van der Waals surface area (Å²) in [5, 5.41) is 7.88. The van der Waals surface area contributed by atoms with Gasteiger partial charge in [0.05, 0.1) is 5.69 Å². The van der Waals surface area contributed by atoms with E-state index in [4.69, 9.17) is 0 Å². The molecule has 2 aromatic rings. The van der Waals surface area contributed by atoms with Crippen molar-refractivity contribution in [2.75, 3.05) is 0 Å². The van der Waals surface area contributed by atoms with Gasteiger partial charge in [0.25, 0.3) is 0 Å². The molecule has 18 heavy (non-hydrogen) atoms. The summed E-state index contributed by atoms with van der Waals surface area (Å²) in [6.07, 6.45) is 1.98. The third kappa shape index (κ3) is 2.99. The van der Waals surface area contributed by atoms with Gasteiger partial charge in [-0.1, -0.05) is 32.0 Å². The standard InChI is InChI=1S/C15H21N3/c1-11(2)16-10-13-5-6-14(12(3)9-13)15-7-8-18(4)17-15/h5-9,11,16H,10H2,1-4H3. The topological polar surface area (TPSA) is 29.9 Å². The van der Waals surface area contributed by atoms with Crippen LogP contribution in [-0.2, 0) is 13.6 Å². The lowest BCUT2D eigenvalue weighted by molar-refractivity contribution is 0.589. The van der Waals surface area contributed by atoms with Crippen molar-refractivity contribution in [1.82, 2.24) is 15.1 Å². The van der Waals surface area contributed by atoms with Crippen LogP contribution in [0.4, 0.5) is 0 Å². The fraction of sp³-hybridized carbons (Fsp3) is 0.400. The molecule has 1 aromatic carbocycles. The van der Waals surface area contributed by atoms with Crippen LogP contribution < -0.4 is 5.32 Å². The highest BCUT2D eigenvalue weighted by Gasteiger charge is 2.05. The van der Waals surface area contributed by atoms with E-state index in [9.17, 15) is 0 Å². The Morgan fingerprint density at radius 1 is 1.28 bits per heavy atom. The van der Waals surface area contributed by atoms with E-state index < -0.39 is 0 Å². The van der Waals surface area contributed by atoms with Crippen LogP contribution in [0.2, 0.25) is 0 Å². The molecule has 0 saturated heterocycles. The Morgan fingerprint density at radius 3 is 2.61 bits per heavy atom. The summed E-state index contributed by atoms with van der Waals surface area (Å²) in [6, 6.07) is 9.13. The molecule has 0 spiro atoms. The second kappa shape index (κ2) is 5.36. The summed E-state index contributed by atoms with van der Waals surface area (Å²) in [5.74, 6) is 0. The Morgan fingerprint density at radius 2 is 2.06 bits per heavy atom. The van der Waals surface area contributed by atoms with Crippen LogP contribution in [-0.4, -0.2) is 15.8 Å². The first-order valence-corrected chi connectivity index (χ1v) is 6.39. The van der Waals surface area contributed by atoms with Crippen LogP contribution in [0.15, 0.2) is 30.5 Å². The molecule has 0 saturated carbocycles. The number of hydrogen-bond donors (Lipinski definition) is 1. The first kappa shape index (κ1) is 12.8. The van der Waals surface area contributed by atoms with Crippen LogP contribution in [0.1, 0.15) is 25.0 Å². The lowest BCUT2D eigenvalue weighted by atomic mass is 10.0. The van der Waals surface area contributed by atoms with Gasteiger partial charge in [0.2, 0.25) is 0 Å². The molecule has 96 valence electrons. The molecule has 1 N–H and O–H groups in total. The van der Waals surface area contributed by atoms with E-state index in [1.165, 1.54) is 16.7 Å². The minimum absolute atomic E-state index is 0.515. The molecule has 2 rings (SSSR count).